The smallest absolute Gasteiger partial charge is 0.417 e. The molecule has 0 radical (unpaired) electrons. The fourth-order valence-electron chi connectivity index (χ4n) is 8.10. The van der Waals surface area contributed by atoms with Crippen LogP contribution in [-0.4, -0.2) is 77.4 Å². The maximum absolute atomic E-state index is 16.6. The Hall–Kier alpha value is -5.60. The van der Waals surface area contributed by atoms with E-state index in [1.54, 1.807) is 69.3 Å². The summed E-state index contributed by atoms with van der Waals surface area (Å²) in [5.74, 6) is -3.10. The van der Waals surface area contributed by atoms with Crippen LogP contribution < -0.4 is 19.1 Å². The third-order valence-electron chi connectivity index (χ3n) is 10.7. The summed E-state index contributed by atoms with van der Waals surface area (Å²) in [6, 6.07) is 12.4. The van der Waals surface area contributed by atoms with E-state index in [9.17, 15) is 9.59 Å². The van der Waals surface area contributed by atoms with Crippen LogP contribution in [0.3, 0.4) is 0 Å². The van der Waals surface area contributed by atoms with Crippen molar-refractivity contribution in [2.75, 3.05) is 25.7 Å². The van der Waals surface area contributed by atoms with E-state index in [0.717, 1.165) is 13.0 Å². The number of carbonyl (C=O) groups is 2. The zero-order chi connectivity index (χ0) is 44.3. The quantitative estimate of drug-likeness (QED) is 0.163. The molecule has 2 saturated heterocycles. The number of halogens is 5. The molecule has 4 heterocycles. The minimum atomic E-state index is -5.24. The molecule has 2 bridgehead atoms. The Morgan fingerprint density at radius 3 is 2.09 bits per heavy atom. The van der Waals surface area contributed by atoms with Crippen LogP contribution in [0.15, 0.2) is 60.7 Å². The fourth-order valence-corrected chi connectivity index (χ4v) is 8.10. The average molecular weight is 812 g/mol. The number of alkyl halides is 3. The number of pyridine rings is 1. The number of rotatable bonds is 8. The first-order valence-corrected chi connectivity index (χ1v) is 18.7. The Balaban J connectivity index is 1.36. The SMILES string of the molecule is [2H]C([2H])([2H])[C@@H]1Oc2nc(-c3cc(N(Cc4ccc(OC)cc4)Cc4ccc(OC)cc4)c(F)c(C)c3C(F)(F)F)c(F)cc2C(=O)N2C[C@H]3CC[C@@H]([C@@H]12)N3C(=O)OC(C)(C)C. The van der Waals surface area contributed by atoms with Crippen molar-refractivity contribution >= 4 is 17.7 Å². The van der Waals surface area contributed by atoms with Crippen molar-refractivity contribution in [3.05, 3.63) is 100 Å². The average Bonchev–Trinajstić information content (AvgIpc) is 3.44. The van der Waals surface area contributed by atoms with E-state index in [0.29, 0.717) is 35.1 Å². The van der Waals surface area contributed by atoms with E-state index in [4.69, 9.17) is 23.1 Å². The first-order valence-electron chi connectivity index (χ1n) is 20.2. The standard InChI is InChI=1S/C43H45F5N4O6/c1-23-35(43(46,47)48)30(19-34(36(23)45)50(20-25-8-13-28(55-6)14-9-25)21-26-10-15-29(56-7)16-11-26)37-32(44)18-31-39(49-37)57-24(2)38-33-17-12-27(22-51(38)40(31)53)52(33)41(54)58-42(3,4)5/h8-11,13-16,18-19,24,27,33,38H,12,17,20-22H2,1-7H3/t24-,27+,33-,38+/m0/s1/i2D3. The van der Waals surface area contributed by atoms with Crippen LogP contribution in [0.25, 0.3) is 11.3 Å². The summed E-state index contributed by atoms with van der Waals surface area (Å²) < 4.78 is 126. The summed E-state index contributed by atoms with van der Waals surface area (Å²) in [7, 11) is 2.97. The van der Waals surface area contributed by atoms with Gasteiger partial charge in [0.05, 0.1) is 43.6 Å². The molecule has 0 N–H and O–H groups in total. The van der Waals surface area contributed by atoms with Gasteiger partial charge >= 0.3 is 12.3 Å². The molecule has 4 aromatic rings. The first kappa shape index (κ1) is 36.7. The lowest BCUT2D eigenvalue weighted by molar-refractivity contribution is -0.137. The van der Waals surface area contributed by atoms with Crippen molar-refractivity contribution in [3.8, 4) is 28.6 Å². The van der Waals surface area contributed by atoms with Gasteiger partial charge in [-0.2, -0.15) is 13.2 Å². The van der Waals surface area contributed by atoms with Gasteiger partial charge in [-0.1, -0.05) is 24.3 Å². The van der Waals surface area contributed by atoms with Crippen molar-refractivity contribution in [2.45, 2.75) is 96.5 Å². The lowest BCUT2D eigenvalue weighted by Crippen LogP contribution is -2.65. The van der Waals surface area contributed by atoms with Gasteiger partial charge in [-0.05, 0) is 100 Å². The number of benzene rings is 3. The summed E-state index contributed by atoms with van der Waals surface area (Å²) in [6.45, 7) is 2.80. The number of amides is 2. The molecule has 10 nitrogen and oxygen atoms in total. The van der Waals surface area contributed by atoms with Crippen molar-refractivity contribution in [1.29, 1.82) is 0 Å². The predicted octanol–water partition coefficient (Wildman–Crippen LogP) is 8.95. The second-order valence-electron chi connectivity index (χ2n) is 15.7. The highest BCUT2D eigenvalue weighted by molar-refractivity contribution is 5.98. The molecular weight excluding hydrogens is 763 g/mol. The summed E-state index contributed by atoms with van der Waals surface area (Å²) in [5, 5.41) is 0. The van der Waals surface area contributed by atoms with Crippen molar-refractivity contribution in [1.82, 2.24) is 14.8 Å². The molecule has 3 aromatic carbocycles. The molecule has 3 aliphatic heterocycles. The van der Waals surface area contributed by atoms with Gasteiger partial charge in [-0.3, -0.25) is 9.69 Å². The summed E-state index contributed by atoms with van der Waals surface area (Å²) in [6.07, 6.45) is -7.10. The van der Waals surface area contributed by atoms with Crippen LogP contribution >= 0.6 is 0 Å². The fraction of sp³-hybridized carbons (Fsp3) is 0.419. The molecule has 308 valence electrons. The van der Waals surface area contributed by atoms with Gasteiger partial charge < -0.3 is 28.7 Å². The molecule has 3 aliphatic rings. The minimum absolute atomic E-state index is 0.0190. The highest BCUT2D eigenvalue weighted by Crippen LogP contribution is 2.46. The Morgan fingerprint density at radius 2 is 1.55 bits per heavy atom. The van der Waals surface area contributed by atoms with Gasteiger partial charge in [-0.15, -0.1) is 0 Å². The lowest BCUT2D eigenvalue weighted by Gasteiger charge is -2.47. The maximum atomic E-state index is 16.6. The van der Waals surface area contributed by atoms with Gasteiger partial charge in [0.15, 0.2) is 5.82 Å². The number of carbonyl (C=O) groups excluding carboxylic acids is 2. The summed E-state index contributed by atoms with van der Waals surface area (Å²) in [4.78, 5) is 36.1. The van der Waals surface area contributed by atoms with Crippen LogP contribution in [0.2, 0.25) is 0 Å². The molecule has 2 fully saturated rings. The maximum Gasteiger partial charge on any atom is 0.417 e. The van der Waals surface area contributed by atoms with Gasteiger partial charge in [0.1, 0.15) is 40.3 Å². The number of anilines is 1. The van der Waals surface area contributed by atoms with E-state index >= 15 is 22.0 Å². The van der Waals surface area contributed by atoms with E-state index in [1.807, 2.05) is 0 Å². The largest absolute Gasteiger partial charge is 0.497 e. The zero-order valence-electron chi connectivity index (χ0n) is 35.7. The summed E-state index contributed by atoms with van der Waals surface area (Å²) >= 11 is 0. The second kappa shape index (κ2) is 15.3. The number of ether oxygens (including phenoxy) is 4. The van der Waals surface area contributed by atoms with E-state index in [-0.39, 0.29) is 31.7 Å². The van der Waals surface area contributed by atoms with Crippen LogP contribution in [-0.2, 0) is 24.0 Å². The molecule has 4 atom stereocenters. The number of aromatic nitrogens is 1. The number of nitrogens with zero attached hydrogens (tertiary/aromatic N) is 4. The third kappa shape index (κ3) is 7.70. The highest BCUT2D eigenvalue weighted by Gasteiger charge is 2.54. The molecule has 1 aromatic heterocycles. The summed E-state index contributed by atoms with van der Waals surface area (Å²) in [5.41, 5.74) is -4.64. The van der Waals surface area contributed by atoms with Gasteiger partial charge in [0.25, 0.3) is 5.91 Å². The van der Waals surface area contributed by atoms with Crippen LogP contribution in [0.4, 0.5) is 32.4 Å². The van der Waals surface area contributed by atoms with E-state index in [2.05, 4.69) is 4.98 Å². The monoisotopic (exact) mass is 811 g/mol. The van der Waals surface area contributed by atoms with Gasteiger partial charge in [0.2, 0.25) is 5.88 Å². The topological polar surface area (TPSA) is 93.7 Å². The molecule has 15 heteroatoms. The molecule has 7 rings (SSSR count). The lowest BCUT2D eigenvalue weighted by atomic mass is 9.95. The predicted molar refractivity (Wildman–Crippen MR) is 205 cm³/mol. The first-order chi connectivity index (χ1) is 28.6. The van der Waals surface area contributed by atoms with E-state index in [1.165, 1.54) is 28.9 Å². The van der Waals surface area contributed by atoms with Crippen LogP contribution in [0, 0.1) is 18.6 Å². The van der Waals surface area contributed by atoms with Crippen molar-refractivity contribution in [2.24, 2.45) is 0 Å². The molecule has 0 aliphatic carbocycles. The third-order valence-corrected chi connectivity index (χ3v) is 10.7. The van der Waals surface area contributed by atoms with E-state index < -0.39 is 100 Å². The van der Waals surface area contributed by atoms with Gasteiger partial charge in [0, 0.05) is 29.3 Å². The zero-order valence-corrected chi connectivity index (χ0v) is 32.7. The highest BCUT2D eigenvalue weighted by atomic mass is 19.4. The minimum Gasteiger partial charge on any atom is -0.497 e. The van der Waals surface area contributed by atoms with Crippen LogP contribution in [0.5, 0.6) is 17.4 Å². The normalized spacial score (nSPS) is 21.2. The van der Waals surface area contributed by atoms with Crippen LogP contribution in [0.1, 0.15) is 77.2 Å². The molecule has 58 heavy (non-hydrogen) atoms. The molecule has 0 spiro atoms. The Morgan fingerprint density at radius 1 is 0.948 bits per heavy atom. The van der Waals surface area contributed by atoms with Gasteiger partial charge in [-0.25, -0.2) is 18.6 Å². The second-order valence-corrected chi connectivity index (χ2v) is 15.7. The number of hydrogen-bond donors (Lipinski definition) is 0. The number of methoxy groups -OCH3 is 2. The Labute approximate surface area is 337 Å². The molecule has 0 saturated carbocycles. The Kier molecular flexibility index (Phi) is 9.68. The number of hydrogen-bond acceptors (Lipinski definition) is 8. The number of piperazine rings is 1. The van der Waals surface area contributed by atoms with Crippen molar-refractivity contribution in [3.63, 3.8) is 0 Å². The molecule has 0 unspecified atom stereocenters. The molecular formula is C43H45F5N4O6. The Bertz CT molecular complexity index is 2270. The number of fused-ring (bicyclic) bond motifs is 5. The molecule has 2 amide bonds. The van der Waals surface area contributed by atoms with Crippen molar-refractivity contribution < 1.29 is 54.6 Å².